The molecular formula is C11H13BrN4OS. The lowest BCUT2D eigenvalue weighted by Gasteiger charge is -2.04. The molecule has 2 aromatic rings. The number of nitrogens with one attached hydrogen (secondary N) is 1. The van der Waals surface area contributed by atoms with E-state index in [0.29, 0.717) is 12.1 Å². The predicted molar refractivity (Wildman–Crippen MR) is 76.3 cm³/mol. The van der Waals surface area contributed by atoms with Crippen molar-refractivity contribution in [3.8, 4) is 0 Å². The predicted octanol–water partition coefficient (Wildman–Crippen LogP) is 2.25. The molecule has 0 aliphatic carbocycles. The number of rotatable bonds is 4. The van der Waals surface area contributed by atoms with Gasteiger partial charge in [-0.3, -0.25) is 4.79 Å². The highest BCUT2D eigenvalue weighted by Gasteiger charge is 2.07. The number of anilines is 1. The van der Waals surface area contributed by atoms with Crippen LogP contribution in [0.4, 0.5) is 5.13 Å². The van der Waals surface area contributed by atoms with Gasteiger partial charge in [0.1, 0.15) is 5.01 Å². The molecule has 0 aromatic carbocycles. The van der Waals surface area contributed by atoms with Gasteiger partial charge in [-0.1, -0.05) is 11.3 Å². The van der Waals surface area contributed by atoms with Crippen molar-refractivity contribution in [2.45, 2.75) is 20.4 Å². The molecule has 0 bridgehead atoms. The molecule has 7 heteroatoms. The van der Waals surface area contributed by atoms with Crippen LogP contribution in [0.5, 0.6) is 0 Å². The van der Waals surface area contributed by atoms with E-state index in [2.05, 4.69) is 31.4 Å². The maximum Gasteiger partial charge on any atom is 0.253 e. The second kappa shape index (κ2) is 5.62. The van der Waals surface area contributed by atoms with Crippen molar-refractivity contribution in [3.63, 3.8) is 0 Å². The lowest BCUT2D eigenvalue weighted by atomic mass is 10.3. The Morgan fingerprint density at radius 1 is 1.50 bits per heavy atom. The van der Waals surface area contributed by atoms with Crippen molar-refractivity contribution in [2.75, 3.05) is 11.9 Å². The SMILES string of the molecule is CCNc1nnc(Cn2cc(Br)cc(C)c2=O)s1. The van der Waals surface area contributed by atoms with E-state index in [1.807, 2.05) is 13.0 Å². The molecular weight excluding hydrogens is 316 g/mol. The van der Waals surface area contributed by atoms with E-state index in [1.165, 1.54) is 11.3 Å². The summed E-state index contributed by atoms with van der Waals surface area (Å²) in [5, 5.41) is 12.8. The number of hydrogen-bond acceptors (Lipinski definition) is 5. The van der Waals surface area contributed by atoms with Crippen molar-refractivity contribution < 1.29 is 0 Å². The van der Waals surface area contributed by atoms with Crippen LogP contribution >= 0.6 is 27.3 Å². The van der Waals surface area contributed by atoms with E-state index in [0.717, 1.165) is 21.2 Å². The van der Waals surface area contributed by atoms with Gasteiger partial charge in [0.15, 0.2) is 0 Å². The summed E-state index contributed by atoms with van der Waals surface area (Å²) in [6, 6.07) is 1.81. The van der Waals surface area contributed by atoms with Crippen LogP contribution in [-0.2, 0) is 6.54 Å². The van der Waals surface area contributed by atoms with Gasteiger partial charge < -0.3 is 9.88 Å². The quantitative estimate of drug-likeness (QED) is 0.935. The van der Waals surface area contributed by atoms with Gasteiger partial charge in [0.2, 0.25) is 5.13 Å². The van der Waals surface area contributed by atoms with Crippen LogP contribution < -0.4 is 10.9 Å². The molecule has 0 radical (unpaired) electrons. The first-order valence-corrected chi connectivity index (χ1v) is 7.14. The van der Waals surface area contributed by atoms with Crippen LogP contribution in [0.2, 0.25) is 0 Å². The van der Waals surface area contributed by atoms with Gasteiger partial charge in [0.05, 0.1) is 6.54 Å². The third-order valence-corrected chi connectivity index (χ3v) is 3.63. The van der Waals surface area contributed by atoms with Crippen LogP contribution in [-0.4, -0.2) is 21.3 Å². The third-order valence-electron chi connectivity index (χ3n) is 2.33. The number of aromatic nitrogens is 3. The monoisotopic (exact) mass is 328 g/mol. The average Bonchev–Trinajstić information content (AvgIpc) is 2.73. The molecule has 0 atom stereocenters. The van der Waals surface area contributed by atoms with Gasteiger partial charge in [-0.15, -0.1) is 10.2 Å². The molecule has 0 saturated heterocycles. The lowest BCUT2D eigenvalue weighted by molar-refractivity contribution is 0.735. The van der Waals surface area contributed by atoms with Crippen molar-refractivity contribution in [3.05, 3.63) is 37.7 Å². The highest BCUT2D eigenvalue weighted by atomic mass is 79.9. The van der Waals surface area contributed by atoms with Gasteiger partial charge in [0, 0.05) is 22.8 Å². The number of nitrogens with zero attached hydrogens (tertiary/aromatic N) is 3. The summed E-state index contributed by atoms with van der Waals surface area (Å²) < 4.78 is 2.52. The minimum Gasteiger partial charge on any atom is -0.360 e. The van der Waals surface area contributed by atoms with Crippen molar-refractivity contribution >= 4 is 32.4 Å². The minimum absolute atomic E-state index is 0.00148. The first-order valence-electron chi connectivity index (χ1n) is 5.53. The third kappa shape index (κ3) is 2.97. The number of halogens is 1. The zero-order valence-electron chi connectivity index (χ0n) is 10.1. The number of aryl methyl sites for hydroxylation is 1. The van der Waals surface area contributed by atoms with Crippen molar-refractivity contribution in [1.82, 2.24) is 14.8 Å². The van der Waals surface area contributed by atoms with E-state index in [4.69, 9.17) is 0 Å². The van der Waals surface area contributed by atoms with Crippen LogP contribution in [0.15, 0.2) is 21.5 Å². The maximum atomic E-state index is 11.9. The van der Waals surface area contributed by atoms with Crippen LogP contribution in [0.3, 0.4) is 0 Å². The summed E-state index contributed by atoms with van der Waals surface area (Å²) in [6.45, 7) is 5.06. The average molecular weight is 329 g/mol. The molecule has 0 amide bonds. The normalized spacial score (nSPS) is 10.6. The van der Waals surface area contributed by atoms with Gasteiger partial charge in [-0.2, -0.15) is 0 Å². The Morgan fingerprint density at radius 2 is 2.28 bits per heavy atom. The molecule has 0 fully saturated rings. The van der Waals surface area contributed by atoms with Crippen molar-refractivity contribution in [2.24, 2.45) is 0 Å². The molecule has 0 aliphatic rings. The van der Waals surface area contributed by atoms with E-state index in [9.17, 15) is 4.79 Å². The zero-order chi connectivity index (χ0) is 13.1. The Kier molecular flexibility index (Phi) is 4.13. The molecule has 0 unspecified atom stereocenters. The van der Waals surface area contributed by atoms with Crippen molar-refractivity contribution in [1.29, 1.82) is 0 Å². The second-order valence-corrected chi connectivity index (χ2v) is 5.78. The summed E-state index contributed by atoms with van der Waals surface area (Å²) in [5.41, 5.74) is 0.708. The first kappa shape index (κ1) is 13.2. The molecule has 1 N–H and O–H groups in total. The van der Waals surface area contributed by atoms with E-state index in [1.54, 1.807) is 17.7 Å². The number of hydrogen-bond donors (Lipinski definition) is 1. The number of pyridine rings is 1. The van der Waals surface area contributed by atoms with Gasteiger partial charge in [-0.25, -0.2) is 0 Å². The Hall–Kier alpha value is -1.21. The van der Waals surface area contributed by atoms with Gasteiger partial charge in [-0.05, 0) is 35.8 Å². The van der Waals surface area contributed by atoms with Gasteiger partial charge >= 0.3 is 0 Å². The molecule has 2 heterocycles. The molecule has 18 heavy (non-hydrogen) atoms. The topological polar surface area (TPSA) is 59.8 Å². The maximum absolute atomic E-state index is 11.9. The zero-order valence-corrected chi connectivity index (χ0v) is 12.5. The van der Waals surface area contributed by atoms with Crippen LogP contribution in [0.25, 0.3) is 0 Å². The van der Waals surface area contributed by atoms with E-state index < -0.39 is 0 Å². The fraction of sp³-hybridized carbons (Fsp3) is 0.364. The summed E-state index contributed by atoms with van der Waals surface area (Å²) in [6.07, 6.45) is 1.77. The summed E-state index contributed by atoms with van der Waals surface area (Å²) >= 11 is 4.85. The minimum atomic E-state index is -0.00148. The molecule has 0 aliphatic heterocycles. The molecule has 0 saturated carbocycles. The Morgan fingerprint density at radius 3 is 3.00 bits per heavy atom. The fourth-order valence-electron chi connectivity index (χ4n) is 1.54. The standard InChI is InChI=1S/C11H13BrN4OS/c1-3-13-11-15-14-9(18-11)6-16-5-8(12)4-7(2)10(16)17/h4-5H,3,6H2,1-2H3,(H,13,15). The Balaban J connectivity index is 2.25. The highest BCUT2D eigenvalue weighted by molar-refractivity contribution is 9.10. The van der Waals surface area contributed by atoms with Gasteiger partial charge in [0.25, 0.3) is 5.56 Å². The van der Waals surface area contributed by atoms with E-state index in [-0.39, 0.29) is 5.56 Å². The molecule has 0 spiro atoms. The first-order chi connectivity index (χ1) is 8.60. The Bertz CT molecular complexity index is 607. The summed E-state index contributed by atoms with van der Waals surface area (Å²) in [4.78, 5) is 11.9. The highest BCUT2D eigenvalue weighted by Crippen LogP contribution is 2.16. The smallest absolute Gasteiger partial charge is 0.253 e. The Labute approximate surface area is 117 Å². The summed E-state index contributed by atoms with van der Waals surface area (Å²) in [7, 11) is 0. The summed E-state index contributed by atoms with van der Waals surface area (Å²) in [5.74, 6) is 0. The molecule has 5 nitrogen and oxygen atoms in total. The molecule has 2 rings (SSSR count). The van der Waals surface area contributed by atoms with Crippen LogP contribution in [0.1, 0.15) is 17.5 Å². The van der Waals surface area contributed by atoms with E-state index >= 15 is 0 Å². The van der Waals surface area contributed by atoms with Crippen LogP contribution in [0, 0.1) is 6.92 Å². The molecule has 2 aromatic heterocycles. The lowest BCUT2D eigenvalue weighted by Crippen LogP contribution is -2.22. The largest absolute Gasteiger partial charge is 0.360 e. The second-order valence-electron chi connectivity index (χ2n) is 3.81. The molecule has 96 valence electrons. The fourth-order valence-corrected chi connectivity index (χ4v) is 2.94.